The summed E-state index contributed by atoms with van der Waals surface area (Å²) in [7, 11) is 0. The number of aromatic nitrogens is 4. The Balaban J connectivity index is 1.80. The Labute approximate surface area is 128 Å². The van der Waals surface area contributed by atoms with Crippen LogP contribution in [0.5, 0.6) is 0 Å². The average molecular weight is 315 g/mol. The van der Waals surface area contributed by atoms with Crippen molar-refractivity contribution in [1.82, 2.24) is 20.2 Å². The van der Waals surface area contributed by atoms with Crippen molar-refractivity contribution < 1.29 is 9.34 Å². The van der Waals surface area contributed by atoms with E-state index in [1.807, 2.05) is 31.2 Å². The van der Waals surface area contributed by atoms with Crippen LogP contribution in [0.1, 0.15) is 5.56 Å². The summed E-state index contributed by atoms with van der Waals surface area (Å²) >= 11 is 1.04. The second-order valence-electron chi connectivity index (χ2n) is 4.27. The van der Waals surface area contributed by atoms with Crippen LogP contribution in [0.15, 0.2) is 51.5 Å². The second kappa shape index (κ2) is 5.90. The summed E-state index contributed by atoms with van der Waals surface area (Å²) in [6.45, 7) is 1.95. The number of nitro groups is 1. The molecule has 0 amide bonds. The number of hydrogen-bond donors (Lipinski definition) is 0. The van der Waals surface area contributed by atoms with Crippen LogP contribution >= 0.6 is 11.8 Å². The minimum atomic E-state index is -0.558. The lowest BCUT2D eigenvalue weighted by Crippen LogP contribution is -1.92. The fraction of sp³-hybridized carbons (Fsp3) is 0.0769. The second-order valence-corrected chi connectivity index (χ2v) is 5.19. The van der Waals surface area contributed by atoms with Gasteiger partial charge in [0.05, 0.1) is 4.92 Å². The molecule has 0 aliphatic heterocycles. The van der Waals surface area contributed by atoms with E-state index in [9.17, 15) is 10.1 Å². The fourth-order valence-electron chi connectivity index (χ4n) is 1.71. The molecule has 0 atom stereocenters. The van der Waals surface area contributed by atoms with Crippen LogP contribution in [0.25, 0.3) is 11.5 Å². The summed E-state index contributed by atoms with van der Waals surface area (Å²) < 4.78 is 5.56. The van der Waals surface area contributed by atoms with Crippen LogP contribution in [-0.2, 0) is 0 Å². The molecule has 0 aliphatic rings. The molecule has 0 fully saturated rings. The minimum absolute atomic E-state index is 0.171. The summed E-state index contributed by atoms with van der Waals surface area (Å²) in [5, 5.41) is 19.0. The first-order chi connectivity index (χ1) is 10.6. The van der Waals surface area contributed by atoms with E-state index >= 15 is 0 Å². The third-order valence-corrected chi connectivity index (χ3v) is 3.52. The Morgan fingerprint density at radius 1 is 1.18 bits per heavy atom. The summed E-state index contributed by atoms with van der Waals surface area (Å²) in [5.74, 6) is 0.405. The molecule has 110 valence electrons. The Hall–Kier alpha value is -2.81. The van der Waals surface area contributed by atoms with E-state index in [1.165, 1.54) is 0 Å². The van der Waals surface area contributed by atoms with Crippen LogP contribution in [-0.4, -0.2) is 25.1 Å². The van der Waals surface area contributed by atoms with E-state index in [0.29, 0.717) is 11.0 Å². The number of nitrogens with zero attached hydrogens (tertiary/aromatic N) is 5. The molecule has 0 unspecified atom stereocenters. The molecule has 0 N–H and O–H groups in total. The highest BCUT2D eigenvalue weighted by Gasteiger charge is 2.14. The van der Waals surface area contributed by atoms with Gasteiger partial charge in [-0.15, -0.1) is 10.2 Å². The van der Waals surface area contributed by atoms with Gasteiger partial charge in [-0.3, -0.25) is 10.1 Å². The first-order valence-corrected chi connectivity index (χ1v) is 6.99. The Bertz CT molecular complexity index is 819. The molecular weight excluding hydrogens is 306 g/mol. The molecule has 0 aliphatic carbocycles. The van der Waals surface area contributed by atoms with Crippen LogP contribution in [0.4, 0.5) is 5.69 Å². The normalized spacial score (nSPS) is 10.6. The van der Waals surface area contributed by atoms with Gasteiger partial charge in [-0.2, -0.15) is 0 Å². The third kappa shape index (κ3) is 2.93. The van der Waals surface area contributed by atoms with E-state index in [-0.39, 0.29) is 10.9 Å². The van der Waals surface area contributed by atoms with Crippen LogP contribution in [0.3, 0.4) is 0 Å². The Morgan fingerprint density at radius 2 is 1.91 bits per heavy atom. The van der Waals surface area contributed by atoms with Crippen molar-refractivity contribution in [3.8, 4) is 11.5 Å². The summed E-state index contributed by atoms with van der Waals surface area (Å²) in [6, 6.07) is 7.65. The average Bonchev–Trinajstić information content (AvgIpc) is 2.96. The smallest absolute Gasteiger partial charge is 0.305 e. The predicted molar refractivity (Wildman–Crippen MR) is 77.3 cm³/mol. The van der Waals surface area contributed by atoms with Gasteiger partial charge in [-0.05, 0) is 18.6 Å². The van der Waals surface area contributed by atoms with Gasteiger partial charge < -0.3 is 4.42 Å². The maximum atomic E-state index is 10.5. The fourth-order valence-corrected chi connectivity index (χ4v) is 2.28. The molecule has 0 saturated carbocycles. The van der Waals surface area contributed by atoms with E-state index in [0.717, 1.165) is 35.3 Å². The first kappa shape index (κ1) is 14.1. The lowest BCUT2D eigenvalue weighted by Gasteiger charge is -1.98. The maximum absolute atomic E-state index is 10.5. The number of rotatable bonds is 4. The largest absolute Gasteiger partial charge is 0.411 e. The Morgan fingerprint density at radius 3 is 2.59 bits per heavy atom. The summed E-state index contributed by atoms with van der Waals surface area (Å²) in [4.78, 5) is 17.7. The van der Waals surface area contributed by atoms with Crippen molar-refractivity contribution in [2.75, 3.05) is 0 Å². The number of benzene rings is 1. The lowest BCUT2D eigenvalue weighted by molar-refractivity contribution is -0.385. The zero-order chi connectivity index (χ0) is 15.5. The monoisotopic (exact) mass is 315 g/mol. The van der Waals surface area contributed by atoms with E-state index in [1.54, 1.807) is 0 Å². The first-order valence-electron chi connectivity index (χ1n) is 6.17. The highest BCUT2D eigenvalue weighted by molar-refractivity contribution is 7.98. The van der Waals surface area contributed by atoms with Crippen molar-refractivity contribution in [2.45, 2.75) is 17.3 Å². The van der Waals surface area contributed by atoms with Gasteiger partial charge in [-0.1, -0.05) is 18.2 Å². The van der Waals surface area contributed by atoms with Crippen LogP contribution in [0, 0.1) is 17.0 Å². The van der Waals surface area contributed by atoms with Gasteiger partial charge in [0.1, 0.15) is 12.4 Å². The van der Waals surface area contributed by atoms with E-state index in [4.69, 9.17) is 4.42 Å². The van der Waals surface area contributed by atoms with Crippen LogP contribution < -0.4 is 0 Å². The van der Waals surface area contributed by atoms with Gasteiger partial charge in [0, 0.05) is 17.3 Å². The van der Waals surface area contributed by atoms with Gasteiger partial charge in [0.15, 0.2) is 5.16 Å². The molecule has 1 aromatic carbocycles. The van der Waals surface area contributed by atoms with Crippen LogP contribution in [0.2, 0.25) is 0 Å². The zero-order valence-corrected chi connectivity index (χ0v) is 12.1. The third-order valence-electron chi connectivity index (χ3n) is 2.79. The molecule has 3 aromatic rings. The molecule has 0 radical (unpaired) electrons. The van der Waals surface area contributed by atoms with Crippen molar-refractivity contribution in [3.05, 3.63) is 52.3 Å². The summed E-state index contributed by atoms with van der Waals surface area (Å²) in [5.41, 5.74) is 1.70. The molecule has 2 heterocycles. The molecule has 0 spiro atoms. The summed E-state index contributed by atoms with van der Waals surface area (Å²) in [6.07, 6.45) is 2.27. The molecule has 8 nitrogen and oxygen atoms in total. The number of hydrogen-bond acceptors (Lipinski definition) is 8. The molecule has 2 aromatic heterocycles. The highest BCUT2D eigenvalue weighted by atomic mass is 32.2. The lowest BCUT2D eigenvalue weighted by atomic mass is 10.1. The maximum Gasteiger partial charge on any atom is 0.305 e. The molecule has 9 heteroatoms. The zero-order valence-electron chi connectivity index (χ0n) is 11.3. The standard InChI is InChI=1S/C13H9N5O3S/c1-8-4-2-3-5-10(8)11-16-17-13(21-11)22-12-14-6-9(7-15-12)18(19)20/h2-7H,1H3. The molecule has 22 heavy (non-hydrogen) atoms. The van der Waals surface area contributed by atoms with Crippen molar-refractivity contribution >= 4 is 17.4 Å². The Kier molecular flexibility index (Phi) is 3.79. The van der Waals surface area contributed by atoms with Gasteiger partial charge in [0.2, 0.25) is 5.89 Å². The quantitative estimate of drug-likeness (QED) is 0.411. The molecular formula is C13H9N5O3S. The molecule has 0 bridgehead atoms. The van der Waals surface area contributed by atoms with Crippen molar-refractivity contribution in [3.63, 3.8) is 0 Å². The van der Waals surface area contributed by atoms with Crippen molar-refractivity contribution in [1.29, 1.82) is 0 Å². The van der Waals surface area contributed by atoms with Gasteiger partial charge in [0.25, 0.3) is 5.22 Å². The van der Waals surface area contributed by atoms with Gasteiger partial charge >= 0.3 is 5.69 Å². The highest BCUT2D eigenvalue weighted by Crippen LogP contribution is 2.28. The van der Waals surface area contributed by atoms with Gasteiger partial charge in [-0.25, -0.2) is 9.97 Å². The molecule has 0 saturated heterocycles. The van der Waals surface area contributed by atoms with E-state index < -0.39 is 4.92 Å². The predicted octanol–water partition coefficient (Wildman–Crippen LogP) is 2.89. The van der Waals surface area contributed by atoms with Crippen molar-refractivity contribution in [2.24, 2.45) is 0 Å². The SMILES string of the molecule is Cc1ccccc1-c1nnc(Sc2ncc([N+](=O)[O-])cn2)o1. The topological polar surface area (TPSA) is 108 Å². The van der Waals surface area contributed by atoms with E-state index in [2.05, 4.69) is 20.2 Å². The number of aryl methyl sites for hydroxylation is 1. The molecule has 3 rings (SSSR count). The minimum Gasteiger partial charge on any atom is -0.411 e.